The number of esters is 1. The highest BCUT2D eigenvalue weighted by Gasteiger charge is 2.43. The Kier molecular flexibility index (Phi) is 8.44. The van der Waals surface area contributed by atoms with E-state index in [1.54, 1.807) is 19.2 Å². The molecule has 1 saturated heterocycles. The first-order chi connectivity index (χ1) is 16.4. The Hall–Kier alpha value is -2.64. The van der Waals surface area contributed by atoms with Gasteiger partial charge in [-0.1, -0.05) is 45.0 Å². The number of rotatable bonds is 8. The summed E-state index contributed by atoms with van der Waals surface area (Å²) in [6, 6.07) is 15.5. The second kappa shape index (κ2) is 11.0. The number of ether oxygens (including phenoxy) is 3. The van der Waals surface area contributed by atoms with Gasteiger partial charge >= 0.3 is 5.97 Å². The smallest absolute Gasteiger partial charge is 0.319 e. The van der Waals surface area contributed by atoms with Gasteiger partial charge in [0.15, 0.2) is 5.78 Å². The van der Waals surface area contributed by atoms with Gasteiger partial charge in [-0.25, -0.2) is 0 Å². The molecule has 3 rings (SSSR count). The monoisotopic (exact) mass is 498 g/mol. The van der Waals surface area contributed by atoms with Gasteiger partial charge in [0.1, 0.15) is 23.5 Å². The Morgan fingerprint density at radius 3 is 2.14 bits per heavy atom. The molecule has 2 aromatic rings. The van der Waals surface area contributed by atoms with E-state index in [0.29, 0.717) is 12.2 Å². The molecule has 0 spiro atoms. The predicted molar refractivity (Wildman–Crippen MR) is 138 cm³/mol. The van der Waals surface area contributed by atoms with E-state index in [1.807, 2.05) is 24.3 Å². The van der Waals surface area contributed by atoms with Crippen LogP contribution in [0.1, 0.15) is 50.8 Å². The molecule has 190 valence electrons. The maximum Gasteiger partial charge on any atom is 0.319 e. The van der Waals surface area contributed by atoms with Gasteiger partial charge in [-0.15, -0.1) is 0 Å². The molecule has 1 fully saturated rings. The summed E-state index contributed by atoms with van der Waals surface area (Å²) < 4.78 is 22.8. The Morgan fingerprint density at radius 1 is 1.00 bits per heavy atom. The molecule has 0 amide bonds. The number of ketones is 1. The van der Waals surface area contributed by atoms with Gasteiger partial charge in [-0.05, 0) is 66.4 Å². The molecular weight excluding hydrogens is 460 g/mol. The van der Waals surface area contributed by atoms with E-state index in [-0.39, 0.29) is 23.3 Å². The molecule has 0 saturated carbocycles. The zero-order valence-electron chi connectivity index (χ0n) is 21.9. The van der Waals surface area contributed by atoms with Crippen molar-refractivity contribution in [2.24, 2.45) is 5.92 Å². The van der Waals surface area contributed by atoms with Crippen molar-refractivity contribution < 1.29 is 28.2 Å². The van der Waals surface area contributed by atoms with E-state index in [2.05, 4.69) is 46.0 Å². The van der Waals surface area contributed by atoms with Gasteiger partial charge in [-0.2, -0.15) is 0 Å². The largest absolute Gasteiger partial charge is 0.544 e. The van der Waals surface area contributed by atoms with Crippen molar-refractivity contribution in [3.05, 3.63) is 59.7 Å². The fourth-order valence-electron chi connectivity index (χ4n) is 3.97. The fourth-order valence-corrected chi connectivity index (χ4v) is 5.00. The van der Waals surface area contributed by atoms with Crippen LogP contribution in [0.2, 0.25) is 18.1 Å². The zero-order chi connectivity index (χ0) is 25.8. The van der Waals surface area contributed by atoms with Crippen LogP contribution < -0.4 is 9.16 Å². The number of Topliss-reactive ketones (excluding diaryl/α,β-unsaturated/α-hetero) is 1. The summed E-state index contributed by atoms with van der Waals surface area (Å²) in [4.78, 5) is 25.4. The van der Waals surface area contributed by atoms with Crippen molar-refractivity contribution in [3.63, 3.8) is 0 Å². The summed E-state index contributed by atoms with van der Waals surface area (Å²) in [5.41, 5.74) is 1.91. The van der Waals surface area contributed by atoms with Crippen LogP contribution in [-0.4, -0.2) is 40.4 Å². The quantitative estimate of drug-likeness (QED) is 0.256. The highest BCUT2D eigenvalue weighted by atomic mass is 28.4. The van der Waals surface area contributed by atoms with Crippen LogP contribution >= 0.6 is 0 Å². The summed E-state index contributed by atoms with van der Waals surface area (Å²) in [5.74, 6) is -0.0806. The average Bonchev–Trinajstić information content (AvgIpc) is 2.82. The number of benzene rings is 2. The normalized spacial score (nSPS) is 20.9. The van der Waals surface area contributed by atoms with Gasteiger partial charge < -0.3 is 18.6 Å². The van der Waals surface area contributed by atoms with Crippen LogP contribution in [0.25, 0.3) is 0 Å². The van der Waals surface area contributed by atoms with Crippen LogP contribution in [0.4, 0.5) is 0 Å². The lowest BCUT2D eigenvalue weighted by Gasteiger charge is -2.36. The van der Waals surface area contributed by atoms with E-state index in [9.17, 15) is 9.59 Å². The zero-order valence-corrected chi connectivity index (χ0v) is 22.9. The maximum absolute atomic E-state index is 13.0. The van der Waals surface area contributed by atoms with Gasteiger partial charge in [0.2, 0.25) is 8.32 Å². The van der Waals surface area contributed by atoms with Crippen molar-refractivity contribution in [1.29, 1.82) is 0 Å². The molecule has 1 heterocycles. The van der Waals surface area contributed by atoms with E-state index in [0.717, 1.165) is 23.3 Å². The van der Waals surface area contributed by atoms with Crippen molar-refractivity contribution in [2.45, 2.75) is 70.4 Å². The van der Waals surface area contributed by atoms with Crippen molar-refractivity contribution in [1.82, 2.24) is 0 Å². The summed E-state index contributed by atoms with van der Waals surface area (Å²) in [5, 5.41) is 0.138. The fraction of sp³-hybridized carbons (Fsp3) is 0.500. The predicted octanol–water partition coefficient (Wildman–Crippen LogP) is 5.90. The molecule has 1 aliphatic heterocycles. The number of hydrogen-bond donors (Lipinski definition) is 0. The summed E-state index contributed by atoms with van der Waals surface area (Å²) in [6.07, 6.45) is 0.670. The lowest BCUT2D eigenvalue weighted by molar-refractivity contribution is -0.168. The Labute approximate surface area is 210 Å². The third-order valence-electron chi connectivity index (χ3n) is 7.17. The molecular formula is C28H38O6Si. The van der Waals surface area contributed by atoms with Crippen molar-refractivity contribution in [3.8, 4) is 11.5 Å². The molecule has 0 unspecified atom stereocenters. The topological polar surface area (TPSA) is 71.1 Å². The van der Waals surface area contributed by atoms with E-state index in [1.165, 1.54) is 7.11 Å². The van der Waals surface area contributed by atoms with Crippen LogP contribution in [0, 0.1) is 5.92 Å². The first-order valence-electron chi connectivity index (χ1n) is 12.1. The first-order valence-corrected chi connectivity index (χ1v) is 15.0. The Bertz CT molecular complexity index is 1010. The molecule has 3 atom stereocenters. The standard InChI is InChI=1S/C28H38O6Si/c1-28(2,3)35(6,7)34-22-13-8-19(9-14-22)10-15-23-18-24(29)25(27(30)32-5)26(33-23)20-11-16-21(31-4)17-12-20/h8-9,11-14,16-17,23,25-26H,10,15,18H2,1-7H3/t23-,25-,26+/m0/s1. The molecule has 2 aromatic carbocycles. The van der Waals surface area contributed by atoms with Crippen molar-refractivity contribution in [2.75, 3.05) is 14.2 Å². The Morgan fingerprint density at radius 2 is 1.60 bits per heavy atom. The SMILES string of the molecule is COC(=O)[C@H]1C(=O)C[C@H](CCc2ccc(O[Si](C)(C)C(C)(C)C)cc2)O[C@@H]1c1ccc(OC)cc1. The minimum Gasteiger partial charge on any atom is -0.544 e. The molecule has 35 heavy (non-hydrogen) atoms. The summed E-state index contributed by atoms with van der Waals surface area (Å²) in [7, 11) is 1.00. The third kappa shape index (κ3) is 6.52. The van der Waals surface area contributed by atoms with Gasteiger partial charge in [0.25, 0.3) is 0 Å². The van der Waals surface area contributed by atoms with Gasteiger partial charge in [-0.3, -0.25) is 9.59 Å². The highest BCUT2D eigenvalue weighted by molar-refractivity contribution is 6.74. The van der Waals surface area contributed by atoms with E-state index in [4.69, 9.17) is 18.6 Å². The molecule has 0 radical (unpaired) electrons. The molecule has 0 N–H and O–H groups in total. The molecule has 1 aliphatic rings. The second-order valence-electron chi connectivity index (χ2n) is 10.7. The molecule has 7 heteroatoms. The van der Waals surface area contributed by atoms with Crippen LogP contribution in [-0.2, 0) is 25.5 Å². The Balaban J connectivity index is 1.68. The number of methoxy groups -OCH3 is 2. The van der Waals surface area contributed by atoms with Crippen LogP contribution in [0.3, 0.4) is 0 Å². The van der Waals surface area contributed by atoms with Gasteiger partial charge in [0, 0.05) is 6.42 Å². The van der Waals surface area contributed by atoms with E-state index < -0.39 is 26.3 Å². The number of carbonyl (C=O) groups is 2. The minimum atomic E-state index is -1.88. The number of aryl methyl sites for hydroxylation is 1. The van der Waals surface area contributed by atoms with Crippen LogP contribution in [0.15, 0.2) is 48.5 Å². The minimum absolute atomic E-state index is 0.138. The molecule has 0 bridgehead atoms. The van der Waals surface area contributed by atoms with Crippen molar-refractivity contribution >= 4 is 20.1 Å². The maximum atomic E-state index is 13.0. The van der Waals surface area contributed by atoms with Gasteiger partial charge in [0.05, 0.1) is 20.3 Å². The van der Waals surface area contributed by atoms with Crippen LogP contribution in [0.5, 0.6) is 11.5 Å². The third-order valence-corrected chi connectivity index (χ3v) is 11.5. The van der Waals surface area contributed by atoms with E-state index >= 15 is 0 Å². The molecule has 0 aromatic heterocycles. The number of hydrogen-bond acceptors (Lipinski definition) is 6. The first kappa shape index (κ1) is 27.0. The molecule has 0 aliphatic carbocycles. The lowest BCUT2D eigenvalue weighted by Crippen LogP contribution is -2.43. The average molecular weight is 499 g/mol. The molecule has 6 nitrogen and oxygen atoms in total. The number of carbonyl (C=O) groups excluding carboxylic acids is 2. The lowest BCUT2D eigenvalue weighted by atomic mass is 9.85. The highest BCUT2D eigenvalue weighted by Crippen LogP contribution is 2.38. The second-order valence-corrected chi connectivity index (χ2v) is 15.4. The summed E-state index contributed by atoms with van der Waals surface area (Å²) >= 11 is 0. The summed E-state index contributed by atoms with van der Waals surface area (Å²) in [6.45, 7) is 11.1.